The van der Waals surface area contributed by atoms with E-state index in [1.807, 2.05) is 25.1 Å². The molecular formula is C14H12FNO. The molecule has 0 atom stereocenters. The third kappa shape index (κ3) is 2.69. The lowest BCUT2D eigenvalue weighted by Crippen LogP contribution is -2.13. The SMILES string of the molecule is Cc1ccccc1C(=O)Nc1ccc(F)cc1. The molecule has 17 heavy (non-hydrogen) atoms. The van der Waals surface area contributed by atoms with Gasteiger partial charge in [0, 0.05) is 11.3 Å². The number of anilines is 1. The molecule has 0 saturated heterocycles. The van der Waals surface area contributed by atoms with Crippen LogP contribution >= 0.6 is 0 Å². The highest BCUT2D eigenvalue weighted by Gasteiger charge is 2.07. The molecule has 0 aromatic heterocycles. The molecule has 0 bridgehead atoms. The monoisotopic (exact) mass is 229 g/mol. The van der Waals surface area contributed by atoms with Gasteiger partial charge in [-0.25, -0.2) is 4.39 Å². The maximum Gasteiger partial charge on any atom is 0.255 e. The summed E-state index contributed by atoms with van der Waals surface area (Å²) >= 11 is 0. The second kappa shape index (κ2) is 4.78. The molecule has 3 heteroatoms. The van der Waals surface area contributed by atoms with E-state index in [9.17, 15) is 9.18 Å². The molecule has 0 saturated carbocycles. The first-order chi connectivity index (χ1) is 8.16. The summed E-state index contributed by atoms with van der Waals surface area (Å²) in [7, 11) is 0. The zero-order valence-electron chi connectivity index (χ0n) is 9.41. The molecule has 0 fully saturated rings. The average Bonchev–Trinajstić information content (AvgIpc) is 2.32. The maximum absolute atomic E-state index is 12.7. The Kier molecular flexibility index (Phi) is 3.19. The summed E-state index contributed by atoms with van der Waals surface area (Å²) in [6, 6.07) is 13.0. The van der Waals surface area contributed by atoms with E-state index in [2.05, 4.69) is 5.32 Å². The van der Waals surface area contributed by atoms with Gasteiger partial charge in [0.25, 0.3) is 5.91 Å². The molecule has 1 amide bonds. The van der Waals surface area contributed by atoms with E-state index in [1.54, 1.807) is 6.07 Å². The minimum absolute atomic E-state index is 0.185. The van der Waals surface area contributed by atoms with Crippen molar-refractivity contribution in [2.24, 2.45) is 0 Å². The van der Waals surface area contributed by atoms with Crippen molar-refractivity contribution >= 4 is 11.6 Å². The molecule has 1 N–H and O–H groups in total. The Labute approximate surface area is 99.1 Å². The minimum atomic E-state index is -0.320. The van der Waals surface area contributed by atoms with Gasteiger partial charge < -0.3 is 5.32 Å². The zero-order valence-corrected chi connectivity index (χ0v) is 9.41. The molecule has 0 aliphatic rings. The van der Waals surface area contributed by atoms with Crippen LogP contribution in [-0.2, 0) is 0 Å². The third-order valence-electron chi connectivity index (χ3n) is 2.49. The molecule has 86 valence electrons. The summed E-state index contributed by atoms with van der Waals surface area (Å²) in [6.07, 6.45) is 0. The lowest BCUT2D eigenvalue weighted by atomic mass is 10.1. The van der Waals surface area contributed by atoms with Gasteiger partial charge in [-0.05, 0) is 42.8 Å². The van der Waals surface area contributed by atoms with Crippen LogP contribution in [-0.4, -0.2) is 5.91 Å². The molecule has 0 heterocycles. The van der Waals surface area contributed by atoms with E-state index in [0.29, 0.717) is 11.3 Å². The van der Waals surface area contributed by atoms with Crippen LogP contribution in [0.25, 0.3) is 0 Å². The number of amides is 1. The number of halogens is 1. The molecule has 2 aromatic carbocycles. The molecule has 0 radical (unpaired) electrons. The molecule has 0 aliphatic heterocycles. The smallest absolute Gasteiger partial charge is 0.255 e. The second-order valence-electron chi connectivity index (χ2n) is 3.78. The van der Waals surface area contributed by atoms with Crippen molar-refractivity contribution in [3.63, 3.8) is 0 Å². The molecule has 2 aromatic rings. The van der Waals surface area contributed by atoms with Crippen molar-refractivity contribution < 1.29 is 9.18 Å². The summed E-state index contributed by atoms with van der Waals surface area (Å²) in [4.78, 5) is 11.9. The Morgan fingerprint density at radius 3 is 2.35 bits per heavy atom. The quantitative estimate of drug-likeness (QED) is 0.840. The van der Waals surface area contributed by atoms with E-state index in [1.165, 1.54) is 24.3 Å². The first-order valence-electron chi connectivity index (χ1n) is 5.29. The third-order valence-corrected chi connectivity index (χ3v) is 2.49. The van der Waals surface area contributed by atoms with Gasteiger partial charge in [-0.15, -0.1) is 0 Å². The van der Waals surface area contributed by atoms with E-state index >= 15 is 0 Å². The van der Waals surface area contributed by atoms with Gasteiger partial charge in [0.1, 0.15) is 5.82 Å². The Balaban J connectivity index is 2.17. The van der Waals surface area contributed by atoms with Gasteiger partial charge in [-0.2, -0.15) is 0 Å². The minimum Gasteiger partial charge on any atom is -0.322 e. The van der Waals surface area contributed by atoms with Crippen molar-refractivity contribution in [3.05, 3.63) is 65.5 Å². The van der Waals surface area contributed by atoms with Gasteiger partial charge >= 0.3 is 0 Å². The number of rotatable bonds is 2. The topological polar surface area (TPSA) is 29.1 Å². The van der Waals surface area contributed by atoms with Crippen LogP contribution in [0.1, 0.15) is 15.9 Å². The molecule has 2 nitrogen and oxygen atoms in total. The fourth-order valence-electron chi connectivity index (χ4n) is 1.56. The highest BCUT2D eigenvalue weighted by molar-refractivity contribution is 6.05. The molecule has 0 aliphatic carbocycles. The number of hydrogen-bond acceptors (Lipinski definition) is 1. The first kappa shape index (κ1) is 11.3. The van der Waals surface area contributed by atoms with Crippen LogP contribution in [0, 0.1) is 12.7 Å². The predicted octanol–water partition coefficient (Wildman–Crippen LogP) is 3.39. The molecule has 0 unspecified atom stereocenters. The Bertz CT molecular complexity index is 534. The van der Waals surface area contributed by atoms with Gasteiger partial charge in [0.05, 0.1) is 0 Å². The van der Waals surface area contributed by atoms with E-state index in [0.717, 1.165) is 5.56 Å². The predicted molar refractivity (Wildman–Crippen MR) is 65.5 cm³/mol. The van der Waals surface area contributed by atoms with Gasteiger partial charge in [-0.1, -0.05) is 18.2 Å². The standard InChI is InChI=1S/C14H12FNO/c1-10-4-2-3-5-13(10)14(17)16-12-8-6-11(15)7-9-12/h2-9H,1H3,(H,16,17). The van der Waals surface area contributed by atoms with Crippen LogP contribution in [0.5, 0.6) is 0 Å². The molecule has 0 spiro atoms. The van der Waals surface area contributed by atoms with Gasteiger partial charge in [0.15, 0.2) is 0 Å². The second-order valence-corrected chi connectivity index (χ2v) is 3.78. The fraction of sp³-hybridized carbons (Fsp3) is 0.0714. The van der Waals surface area contributed by atoms with E-state index in [4.69, 9.17) is 0 Å². The lowest BCUT2D eigenvalue weighted by Gasteiger charge is -2.07. The summed E-state index contributed by atoms with van der Waals surface area (Å²) in [5.74, 6) is -0.506. The Hall–Kier alpha value is -2.16. The highest BCUT2D eigenvalue weighted by atomic mass is 19.1. The average molecular weight is 229 g/mol. The fourth-order valence-corrected chi connectivity index (χ4v) is 1.56. The van der Waals surface area contributed by atoms with Crippen molar-refractivity contribution in [3.8, 4) is 0 Å². The van der Waals surface area contributed by atoms with E-state index < -0.39 is 0 Å². The number of benzene rings is 2. The van der Waals surface area contributed by atoms with Gasteiger partial charge in [-0.3, -0.25) is 4.79 Å². The number of nitrogens with one attached hydrogen (secondary N) is 1. The first-order valence-corrected chi connectivity index (χ1v) is 5.29. The lowest BCUT2D eigenvalue weighted by molar-refractivity contribution is 0.102. The summed E-state index contributed by atoms with van der Waals surface area (Å²) in [5, 5.41) is 2.72. The Morgan fingerprint density at radius 1 is 1.06 bits per heavy atom. The van der Waals surface area contributed by atoms with Crippen molar-refractivity contribution in [2.75, 3.05) is 5.32 Å². The summed E-state index contributed by atoms with van der Waals surface area (Å²) < 4.78 is 12.7. The number of aryl methyl sites for hydroxylation is 1. The maximum atomic E-state index is 12.7. The normalized spacial score (nSPS) is 10.0. The van der Waals surface area contributed by atoms with Crippen molar-refractivity contribution in [1.82, 2.24) is 0 Å². The summed E-state index contributed by atoms with van der Waals surface area (Å²) in [6.45, 7) is 1.87. The molecule has 2 rings (SSSR count). The number of carbonyl (C=O) groups is 1. The summed E-state index contributed by atoms with van der Waals surface area (Å²) in [5.41, 5.74) is 2.11. The van der Waals surface area contributed by atoms with Crippen molar-refractivity contribution in [2.45, 2.75) is 6.92 Å². The van der Waals surface area contributed by atoms with E-state index in [-0.39, 0.29) is 11.7 Å². The van der Waals surface area contributed by atoms with Crippen LogP contribution in [0.2, 0.25) is 0 Å². The van der Waals surface area contributed by atoms with Crippen molar-refractivity contribution in [1.29, 1.82) is 0 Å². The molecular weight excluding hydrogens is 217 g/mol. The largest absolute Gasteiger partial charge is 0.322 e. The van der Waals surface area contributed by atoms with Gasteiger partial charge in [0.2, 0.25) is 0 Å². The van der Waals surface area contributed by atoms with Crippen LogP contribution in [0.15, 0.2) is 48.5 Å². The zero-order chi connectivity index (χ0) is 12.3. The van der Waals surface area contributed by atoms with Crippen LogP contribution in [0.4, 0.5) is 10.1 Å². The van der Waals surface area contributed by atoms with Crippen LogP contribution < -0.4 is 5.32 Å². The number of carbonyl (C=O) groups excluding carboxylic acids is 1. The van der Waals surface area contributed by atoms with Crippen LogP contribution in [0.3, 0.4) is 0 Å². The highest BCUT2D eigenvalue weighted by Crippen LogP contribution is 2.12. The number of hydrogen-bond donors (Lipinski definition) is 1. The Morgan fingerprint density at radius 2 is 1.71 bits per heavy atom.